The van der Waals surface area contributed by atoms with E-state index in [1.807, 2.05) is 50.2 Å². The third-order valence-electron chi connectivity index (χ3n) is 3.63. The van der Waals surface area contributed by atoms with E-state index in [4.69, 9.17) is 11.6 Å². The molecule has 0 atom stereocenters. The van der Waals surface area contributed by atoms with Gasteiger partial charge in [-0.25, -0.2) is 0 Å². The van der Waals surface area contributed by atoms with Gasteiger partial charge in [-0.3, -0.25) is 9.59 Å². The van der Waals surface area contributed by atoms with E-state index >= 15 is 0 Å². The fourth-order valence-electron chi connectivity index (χ4n) is 2.39. The molecule has 0 aliphatic carbocycles. The second-order valence-corrected chi connectivity index (χ2v) is 7.27. The summed E-state index contributed by atoms with van der Waals surface area (Å²) in [6.07, 6.45) is 1.69. The van der Waals surface area contributed by atoms with Crippen molar-refractivity contribution in [3.8, 4) is 10.4 Å². The number of nitrogens with one attached hydrogen (secondary N) is 1. The van der Waals surface area contributed by atoms with Crippen LogP contribution < -0.4 is 5.32 Å². The fourth-order valence-corrected chi connectivity index (χ4v) is 3.50. The maximum Gasteiger partial charge on any atom is 0.264 e. The summed E-state index contributed by atoms with van der Waals surface area (Å²) < 4.78 is 0. The second-order valence-electron chi connectivity index (χ2n) is 5.75. The Bertz CT molecular complexity index is 712. The van der Waals surface area contributed by atoms with Crippen LogP contribution in [0.2, 0.25) is 5.02 Å². The Morgan fingerprint density at radius 1 is 1.08 bits per heavy atom. The molecular weight excluding hydrogens is 356 g/mol. The first-order valence-corrected chi connectivity index (χ1v) is 9.66. The van der Waals surface area contributed by atoms with Crippen molar-refractivity contribution in [2.24, 2.45) is 0 Å². The molecule has 6 heteroatoms. The van der Waals surface area contributed by atoms with E-state index in [1.54, 1.807) is 4.90 Å². The highest BCUT2D eigenvalue weighted by atomic mass is 35.5. The van der Waals surface area contributed by atoms with Gasteiger partial charge in [0.25, 0.3) is 5.91 Å². The molecule has 0 aliphatic rings. The molecule has 0 bridgehead atoms. The van der Waals surface area contributed by atoms with E-state index in [2.05, 4.69) is 5.32 Å². The van der Waals surface area contributed by atoms with Gasteiger partial charge in [-0.05, 0) is 42.7 Å². The number of benzene rings is 1. The minimum atomic E-state index is -0.113. The van der Waals surface area contributed by atoms with Crippen molar-refractivity contribution in [1.29, 1.82) is 0 Å². The Morgan fingerprint density at radius 3 is 2.44 bits per heavy atom. The SMILES string of the molecule is CCCNC(=O)CN(CCC)C(=O)c1ccc(-c2ccc(Cl)cc2)s1. The third kappa shape index (κ3) is 5.58. The largest absolute Gasteiger partial charge is 0.355 e. The maximum absolute atomic E-state index is 12.8. The lowest BCUT2D eigenvalue weighted by Crippen LogP contribution is -2.41. The van der Waals surface area contributed by atoms with Crippen LogP contribution in [0.4, 0.5) is 0 Å². The van der Waals surface area contributed by atoms with E-state index in [0.29, 0.717) is 23.0 Å². The zero-order valence-corrected chi connectivity index (χ0v) is 16.1. The molecule has 2 amide bonds. The summed E-state index contributed by atoms with van der Waals surface area (Å²) in [5.74, 6) is -0.211. The van der Waals surface area contributed by atoms with Crippen LogP contribution in [0.1, 0.15) is 36.4 Å². The van der Waals surface area contributed by atoms with E-state index in [0.717, 1.165) is 23.3 Å². The van der Waals surface area contributed by atoms with Crippen LogP contribution in [0.5, 0.6) is 0 Å². The van der Waals surface area contributed by atoms with Crippen molar-refractivity contribution < 1.29 is 9.59 Å². The molecule has 0 radical (unpaired) electrons. The Hall–Kier alpha value is -1.85. The molecular formula is C19H23ClN2O2S. The summed E-state index contributed by atoms with van der Waals surface area (Å²) in [6.45, 7) is 5.29. The summed E-state index contributed by atoms with van der Waals surface area (Å²) in [6, 6.07) is 11.3. The van der Waals surface area contributed by atoms with E-state index in [9.17, 15) is 9.59 Å². The molecule has 4 nitrogen and oxygen atoms in total. The van der Waals surface area contributed by atoms with Crippen molar-refractivity contribution in [3.63, 3.8) is 0 Å². The fraction of sp³-hybridized carbons (Fsp3) is 0.368. The second kappa shape index (κ2) is 9.59. The van der Waals surface area contributed by atoms with Gasteiger partial charge in [0.1, 0.15) is 0 Å². The summed E-state index contributed by atoms with van der Waals surface area (Å²) in [5.41, 5.74) is 1.02. The summed E-state index contributed by atoms with van der Waals surface area (Å²) in [4.78, 5) is 28.0. The zero-order valence-electron chi connectivity index (χ0n) is 14.5. The molecule has 134 valence electrons. The van der Waals surface area contributed by atoms with E-state index < -0.39 is 0 Å². The average Bonchev–Trinajstić information content (AvgIpc) is 3.09. The predicted octanol–water partition coefficient (Wildman–Crippen LogP) is 4.45. The Labute approximate surface area is 157 Å². The maximum atomic E-state index is 12.8. The van der Waals surface area contributed by atoms with Gasteiger partial charge in [0.2, 0.25) is 5.91 Å². The number of halogens is 1. The molecule has 1 aromatic heterocycles. The number of thiophene rings is 1. The van der Waals surface area contributed by atoms with Gasteiger partial charge in [-0.1, -0.05) is 37.6 Å². The molecule has 0 saturated carbocycles. The molecule has 2 aromatic rings. The number of carbonyl (C=O) groups excluding carboxylic acids is 2. The Kier molecular flexibility index (Phi) is 7.47. The highest BCUT2D eigenvalue weighted by Gasteiger charge is 2.20. The molecule has 0 fully saturated rings. The van der Waals surface area contributed by atoms with E-state index in [1.165, 1.54) is 11.3 Å². The van der Waals surface area contributed by atoms with Crippen LogP contribution in [0.25, 0.3) is 10.4 Å². The zero-order chi connectivity index (χ0) is 18.2. The van der Waals surface area contributed by atoms with Gasteiger partial charge in [-0.15, -0.1) is 11.3 Å². The molecule has 25 heavy (non-hydrogen) atoms. The normalized spacial score (nSPS) is 10.5. The third-order valence-corrected chi connectivity index (χ3v) is 5.01. The van der Waals surface area contributed by atoms with Crippen molar-refractivity contribution in [2.45, 2.75) is 26.7 Å². The summed E-state index contributed by atoms with van der Waals surface area (Å²) in [7, 11) is 0. The molecule has 0 spiro atoms. The van der Waals surface area contributed by atoms with Crippen molar-refractivity contribution in [3.05, 3.63) is 46.3 Å². The van der Waals surface area contributed by atoms with Gasteiger partial charge < -0.3 is 10.2 Å². The Morgan fingerprint density at radius 2 is 1.80 bits per heavy atom. The van der Waals surface area contributed by atoms with Crippen LogP contribution in [0.3, 0.4) is 0 Å². The van der Waals surface area contributed by atoms with Crippen LogP contribution in [0.15, 0.2) is 36.4 Å². The van der Waals surface area contributed by atoms with Crippen molar-refractivity contribution >= 4 is 34.8 Å². The number of amides is 2. The lowest BCUT2D eigenvalue weighted by molar-refractivity contribution is -0.121. The molecule has 0 aliphatic heterocycles. The van der Waals surface area contributed by atoms with Crippen LogP contribution in [-0.2, 0) is 4.79 Å². The highest BCUT2D eigenvalue weighted by molar-refractivity contribution is 7.17. The standard InChI is InChI=1S/C19H23ClN2O2S/c1-3-11-21-18(23)13-22(12-4-2)19(24)17-10-9-16(25-17)14-5-7-15(20)8-6-14/h5-10H,3-4,11-13H2,1-2H3,(H,21,23). The average molecular weight is 379 g/mol. The number of rotatable bonds is 8. The van der Waals surface area contributed by atoms with Crippen molar-refractivity contribution in [1.82, 2.24) is 10.2 Å². The van der Waals surface area contributed by atoms with Crippen LogP contribution >= 0.6 is 22.9 Å². The lowest BCUT2D eigenvalue weighted by atomic mass is 10.2. The van der Waals surface area contributed by atoms with Gasteiger partial charge in [0, 0.05) is 23.0 Å². The molecule has 1 heterocycles. The van der Waals surface area contributed by atoms with Gasteiger partial charge in [0.15, 0.2) is 0 Å². The van der Waals surface area contributed by atoms with E-state index in [-0.39, 0.29) is 18.4 Å². The molecule has 0 unspecified atom stereocenters. The minimum absolute atomic E-state index is 0.0981. The minimum Gasteiger partial charge on any atom is -0.355 e. The molecule has 2 rings (SSSR count). The molecule has 0 saturated heterocycles. The Balaban J connectivity index is 2.11. The first kappa shape index (κ1) is 19.5. The first-order chi connectivity index (χ1) is 12.0. The lowest BCUT2D eigenvalue weighted by Gasteiger charge is -2.20. The van der Waals surface area contributed by atoms with Gasteiger partial charge in [0.05, 0.1) is 11.4 Å². The topological polar surface area (TPSA) is 49.4 Å². The number of hydrogen-bond donors (Lipinski definition) is 1. The number of carbonyl (C=O) groups is 2. The molecule has 1 aromatic carbocycles. The first-order valence-electron chi connectivity index (χ1n) is 8.46. The summed E-state index contributed by atoms with van der Waals surface area (Å²) >= 11 is 7.35. The van der Waals surface area contributed by atoms with Crippen molar-refractivity contribution in [2.75, 3.05) is 19.6 Å². The van der Waals surface area contributed by atoms with Crippen LogP contribution in [0, 0.1) is 0 Å². The quantitative estimate of drug-likeness (QED) is 0.737. The number of hydrogen-bond acceptors (Lipinski definition) is 3. The highest BCUT2D eigenvalue weighted by Crippen LogP contribution is 2.29. The van der Waals surface area contributed by atoms with Gasteiger partial charge >= 0.3 is 0 Å². The predicted molar refractivity (Wildman–Crippen MR) is 104 cm³/mol. The smallest absolute Gasteiger partial charge is 0.264 e. The monoisotopic (exact) mass is 378 g/mol. The van der Waals surface area contributed by atoms with Crippen LogP contribution in [-0.4, -0.2) is 36.3 Å². The summed E-state index contributed by atoms with van der Waals surface area (Å²) in [5, 5.41) is 3.51. The number of nitrogens with zero attached hydrogens (tertiary/aromatic N) is 1. The van der Waals surface area contributed by atoms with Gasteiger partial charge in [-0.2, -0.15) is 0 Å². The molecule has 1 N–H and O–H groups in total.